The summed E-state index contributed by atoms with van der Waals surface area (Å²) < 4.78 is 0. The summed E-state index contributed by atoms with van der Waals surface area (Å²) in [5, 5.41) is 3.13. The molecule has 0 saturated carbocycles. The van der Waals surface area contributed by atoms with E-state index in [2.05, 4.69) is 266 Å². The highest BCUT2D eigenvalue weighted by atomic mass is 16.1. The SMILES string of the molecule is C#CC#CC#CC#CC#CC#CC#CC#CC#CC#CC#CC#CC#CC#CC#CC#CC#CC#CC.CC(C)(C)CCNC(=O)C(Cc1ccccc1)C(C)(C)C. The Balaban J connectivity index is 0.00000130. The second-order valence-electron chi connectivity index (χ2n) is 12.7. The Morgan fingerprint density at radius 1 is 0.500 bits per heavy atom. The number of rotatable bonds is 5. The van der Waals surface area contributed by atoms with Crippen molar-refractivity contribution >= 4 is 5.91 Å². The number of carbonyl (C=O) groups is 1. The van der Waals surface area contributed by atoms with Crippen molar-refractivity contribution in [3.05, 3.63) is 35.9 Å². The van der Waals surface area contributed by atoms with E-state index in [0.717, 1.165) is 19.4 Å². The van der Waals surface area contributed by atoms with E-state index in [-0.39, 0.29) is 22.7 Å². The molecule has 1 aromatic carbocycles. The summed E-state index contributed by atoms with van der Waals surface area (Å²) >= 11 is 0. The van der Waals surface area contributed by atoms with Crippen LogP contribution >= 0.6 is 0 Å². The highest BCUT2D eigenvalue weighted by molar-refractivity contribution is 5.79. The van der Waals surface area contributed by atoms with Gasteiger partial charge in [-0.3, -0.25) is 4.79 Å². The molecule has 0 bridgehead atoms. The van der Waals surface area contributed by atoms with Crippen LogP contribution in [0.1, 0.15) is 60.5 Å². The molecule has 2 heteroatoms. The van der Waals surface area contributed by atoms with Crippen molar-refractivity contribution in [1.29, 1.82) is 0 Å². The third-order valence-corrected chi connectivity index (χ3v) is 6.02. The third kappa shape index (κ3) is 33.9. The van der Waals surface area contributed by atoms with E-state index >= 15 is 0 Å². The van der Waals surface area contributed by atoms with Crippen molar-refractivity contribution in [3.63, 3.8) is 0 Å². The second-order valence-corrected chi connectivity index (χ2v) is 12.7. The summed E-state index contributed by atoms with van der Waals surface area (Å²) in [6, 6.07) is 10.3. The predicted octanol–water partition coefficient (Wildman–Crippen LogP) is 5.14. The summed E-state index contributed by atoms with van der Waals surface area (Å²) in [4.78, 5) is 12.6. The summed E-state index contributed by atoms with van der Waals surface area (Å²) in [6.07, 6.45) is 6.73. The molecule has 1 rings (SSSR count). The minimum Gasteiger partial charge on any atom is -0.356 e. The second kappa shape index (κ2) is 33.6. The van der Waals surface area contributed by atoms with Gasteiger partial charge in [0.15, 0.2) is 0 Å². The van der Waals surface area contributed by atoms with Gasteiger partial charge in [0.25, 0.3) is 0 Å². The average molecular weight is 738 g/mol. The van der Waals surface area contributed by atoms with Crippen molar-refractivity contribution in [2.45, 2.75) is 61.3 Å². The van der Waals surface area contributed by atoms with E-state index in [4.69, 9.17) is 6.42 Å². The lowest BCUT2D eigenvalue weighted by Gasteiger charge is -2.30. The molecule has 0 heterocycles. The highest BCUT2D eigenvalue weighted by Crippen LogP contribution is 2.29. The van der Waals surface area contributed by atoms with Gasteiger partial charge in [-0.2, -0.15) is 0 Å². The fourth-order valence-corrected chi connectivity index (χ4v) is 3.39. The molecule has 0 saturated heterocycles. The molecule has 1 unspecified atom stereocenters. The molecule has 0 aliphatic rings. The number of terminal acetylenes is 1. The molecule has 1 atom stereocenters. The van der Waals surface area contributed by atoms with Crippen molar-refractivity contribution in [3.8, 4) is 214 Å². The van der Waals surface area contributed by atoms with Crippen LogP contribution in [0.25, 0.3) is 0 Å². The van der Waals surface area contributed by atoms with Crippen LogP contribution < -0.4 is 5.32 Å². The van der Waals surface area contributed by atoms with Crippen molar-refractivity contribution in [1.82, 2.24) is 5.32 Å². The number of amides is 1. The Labute approximate surface area is 348 Å². The normalized spacial score (nSPS) is 7.48. The number of nitrogens with one attached hydrogen (secondary N) is 1. The highest BCUT2D eigenvalue weighted by Gasteiger charge is 2.31. The monoisotopic (exact) mass is 737 g/mol. The van der Waals surface area contributed by atoms with Crippen LogP contribution in [0.4, 0.5) is 0 Å². The van der Waals surface area contributed by atoms with Gasteiger partial charge in [-0.1, -0.05) is 77.8 Å². The summed E-state index contributed by atoms with van der Waals surface area (Å²) in [6.45, 7) is 15.5. The molecule has 0 aromatic heterocycles. The molecule has 58 heavy (non-hydrogen) atoms. The number of hydrogen-bond donors (Lipinski definition) is 1. The molecular weight excluding hydrogens is 703 g/mol. The molecule has 270 valence electrons. The van der Waals surface area contributed by atoms with Gasteiger partial charge in [-0.25, -0.2) is 0 Å². The first kappa shape index (κ1) is 48.8. The zero-order chi connectivity index (χ0) is 42.8. The number of benzene rings is 1. The average Bonchev–Trinajstić information content (AvgIpc) is 3.18. The number of hydrogen-bond acceptors (Lipinski definition) is 1. The van der Waals surface area contributed by atoms with Gasteiger partial charge < -0.3 is 5.32 Å². The van der Waals surface area contributed by atoms with E-state index in [0.29, 0.717) is 0 Å². The topological polar surface area (TPSA) is 29.1 Å². The molecule has 0 spiro atoms. The van der Waals surface area contributed by atoms with Crippen LogP contribution in [-0.2, 0) is 11.2 Å². The Hall–Kier alpha value is -9.23. The van der Waals surface area contributed by atoms with Gasteiger partial charge >= 0.3 is 0 Å². The lowest BCUT2D eigenvalue weighted by Crippen LogP contribution is -2.40. The van der Waals surface area contributed by atoms with Crippen molar-refractivity contribution in [2.24, 2.45) is 16.7 Å². The van der Waals surface area contributed by atoms with Crippen LogP contribution in [0.15, 0.2) is 30.3 Å². The maximum absolute atomic E-state index is 12.6. The smallest absolute Gasteiger partial charge is 0.223 e. The zero-order valence-electron chi connectivity index (χ0n) is 33.6. The Morgan fingerprint density at radius 3 is 1.05 bits per heavy atom. The summed E-state index contributed by atoms with van der Waals surface area (Å²) in [5.41, 5.74) is 1.44. The van der Waals surface area contributed by atoms with E-state index in [1.807, 2.05) is 18.2 Å². The quantitative estimate of drug-likeness (QED) is 0.417. The van der Waals surface area contributed by atoms with Gasteiger partial charge in [-0.15, -0.1) is 6.42 Å². The molecule has 0 radical (unpaired) electrons. The lowest BCUT2D eigenvalue weighted by atomic mass is 9.76. The van der Waals surface area contributed by atoms with E-state index in [1.54, 1.807) is 6.92 Å². The molecule has 1 amide bonds. The molecule has 0 aliphatic carbocycles. The third-order valence-electron chi connectivity index (χ3n) is 6.02. The Bertz CT molecular complexity index is 2820. The first-order chi connectivity index (χ1) is 28.0. The van der Waals surface area contributed by atoms with Crippen LogP contribution in [-0.4, -0.2) is 12.5 Å². The van der Waals surface area contributed by atoms with E-state index in [9.17, 15) is 4.79 Å². The maximum Gasteiger partial charge on any atom is 0.223 e. The standard InChI is InChI=1S/C37H4.C19H31NO/c1-3-5-7-9-11-13-15-17-19-21-23-25-27-29-31-33-35-37-36-34-32-30-28-26-24-22-20-18-16-14-12-10-8-6-4-2;1-18(2,3)12-13-20-17(21)16(19(4,5)6)14-15-10-8-7-9-11-15/h1H,2H3;7-11,16H,12-14H2,1-6H3,(H,20,21). The predicted molar refractivity (Wildman–Crippen MR) is 237 cm³/mol. The summed E-state index contributed by atoms with van der Waals surface area (Å²) in [7, 11) is 0. The molecule has 0 aliphatic heterocycles. The molecule has 1 aromatic rings. The first-order valence-electron chi connectivity index (χ1n) is 17.2. The largest absolute Gasteiger partial charge is 0.356 e. The van der Waals surface area contributed by atoms with Crippen LogP contribution in [0.2, 0.25) is 0 Å². The van der Waals surface area contributed by atoms with Gasteiger partial charge in [0.2, 0.25) is 5.91 Å². The van der Waals surface area contributed by atoms with E-state index in [1.165, 1.54) is 5.56 Å². The minimum atomic E-state index is -0.0400. The minimum absolute atomic E-state index is 0.000122. The zero-order valence-corrected chi connectivity index (χ0v) is 33.6. The number of carbonyl (C=O) groups excluding carboxylic acids is 1. The lowest BCUT2D eigenvalue weighted by molar-refractivity contribution is -0.128. The van der Waals surface area contributed by atoms with Gasteiger partial charge in [0.05, 0.1) is 0 Å². The maximum atomic E-state index is 12.6. The molecule has 2 nitrogen and oxygen atoms in total. The van der Waals surface area contributed by atoms with Crippen LogP contribution in [0.5, 0.6) is 0 Å². The van der Waals surface area contributed by atoms with Crippen LogP contribution in [0, 0.1) is 230 Å². The molecule has 1 N–H and O–H groups in total. The summed E-state index contributed by atoms with van der Waals surface area (Å²) in [5.74, 6) is 87.1. The fraction of sp³-hybridized carbons (Fsp3) is 0.232. The van der Waals surface area contributed by atoms with E-state index < -0.39 is 0 Å². The molecule has 0 fully saturated rings. The van der Waals surface area contributed by atoms with Crippen molar-refractivity contribution < 1.29 is 4.79 Å². The molecular formula is C56H35NO. The van der Waals surface area contributed by atoms with Gasteiger partial charge in [0, 0.05) is 119 Å². The van der Waals surface area contributed by atoms with Gasteiger partial charge in [0.1, 0.15) is 0 Å². The Morgan fingerprint density at radius 2 is 0.793 bits per heavy atom. The Kier molecular flexibility index (Phi) is 28.2. The van der Waals surface area contributed by atoms with Crippen molar-refractivity contribution in [2.75, 3.05) is 6.54 Å². The first-order valence-corrected chi connectivity index (χ1v) is 17.2. The van der Waals surface area contributed by atoms with Crippen LogP contribution in [0.3, 0.4) is 0 Å². The van der Waals surface area contributed by atoms with Gasteiger partial charge in [-0.05, 0) is 131 Å². The fourth-order valence-electron chi connectivity index (χ4n) is 3.39.